The number of hydrogen-bond acceptors (Lipinski definition) is 3. The smallest absolute Gasteiger partial charge is 0.138 e. The average Bonchev–Trinajstić information content (AvgIpc) is 2.52. The second-order valence-electron chi connectivity index (χ2n) is 6.39. The van der Waals surface area contributed by atoms with E-state index in [-0.39, 0.29) is 6.10 Å². The summed E-state index contributed by atoms with van der Waals surface area (Å²) in [7, 11) is 0. The van der Waals surface area contributed by atoms with Crippen molar-refractivity contribution in [2.45, 2.75) is 57.7 Å². The van der Waals surface area contributed by atoms with Gasteiger partial charge in [-0.3, -0.25) is 4.98 Å². The highest BCUT2D eigenvalue weighted by Gasteiger charge is 2.23. The van der Waals surface area contributed by atoms with Gasteiger partial charge in [-0.15, -0.1) is 0 Å². The summed E-state index contributed by atoms with van der Waals surface area (Å²) in [6.45, 7) is 4.40. The minimum atomic E-state index is 0.266. The molecule has 0 atom stereocenters. The number of hydrogen-bond donors (Lipinski definition) is 1. The summed E-state index contributed by atoms with van der Waals surface area (Å²) in [5.74, 6) is 0.792. The Labute approximate surface area is 137 Å². The first kappa shape index (κ1) is 15.6. The fraction of sp³-hybridized carbons (Fsp3) is 0.500. The monoisotopic (exact) mass is 318 g/mol. The summed E-state index contributed by atoms with van der Waals surface area (Å²) in [6, 6.07) is 7.10. The van der Waals surface area contributed by atoms with E-state index in [1.807, 2.05) is 24.4 Å². The summed E-state index contributed by atoms with van der Waals surface area (Å²) < 4.78 is 6.17. The summed E-state index contributed by atoms with van der Waals surface area (Å²) in [5, 5.41) is 6.36. The molecule has 1 saturated carbocycles. The number of ether oxygens (including phenoxy) is 1. The predicted molar refractivity (Wildman–Crippen MR) is 91.7 cm³/mol. The van der Waals surface area contributed by atoms with Crippen LogP contribution in [0.5, 0.6) is 5.75 Å². The van der Waals surface area contributed by atoms with Gasteiger partial charge in [0.05, 0.1) is 11.1 Å². The van der Waals surface area contributed by atoms with Crippen LogP contribution in [0.3, 0.4) is 0 Å². The number of fused-ring (bicyclic) bond motifs is 1. The Morgan fingerprint density at radius 3 is 2.68 bits per heavy atom. The zero-order valence-electron chi connectivity index (χ0n) is 13.2. The molecule has 0 aliphatic heterocycles. The largest absolute Gasteiger partial charge is 0.489 e. The number of benzene rings is 1. The van der Waals surface area contributed by atoms with Crippen LogP contribution in [0.2, 0.25) is 5.02 Å². The third-order valence-electron chi connectivity index (χ3n) is 4.26. The van der Waals surface area contributed by atoms with E-state index in [2.05, 4.69) is 24.1 Å². The van der Waals surface area contributed by atoms with Crippen molar-refractivity contribution in [3.8, 4) is 5.75 Å². The van der Waals surface area contributed by atoms with E-state index in [0.29, 0.717) is 17.1 Å². The van der Waals surface area contributed by atoms with Crippen LogP contribution in [0.15, 0.2) is 30.6 Å². The van der Waals surface area contributed by atoms with Crippen molar-refractivity contribution in [1.82, 2.24) is 10.3 Å². The average molecular weight is 319 g/mol. The molecule has 4 heteroatoms. The normalized spacial score (nSPS) is 22.2. The van der Waals surface area contributed by atoms with Gasteiger partial charge in [-0.05, 0) is 43.9 Å². The summed E-state index contributed by atoms with van der Waals surface area (Å²) in [6.07, 6.45) is 8.34. The second-order valence-corrected chi connectivity index (χ2v) is 6.77. The van der Waals surface area contributed by atoms with Crippen LogP contribution >= 0.6 is 11.6 Å². The lowest BCUT2D eigenvalue weighted by molar-refractivity contribution is 0.138. The van der Waals surface area contributed by atoms with E-state index in [1.165, 1.54) is 0 Å². The van der Waals surface area contributed by atoms with Crippen LogP contribution in [0.4, 0.5) is 0 Å². The Balaban J connectivity index is 1.66. The van der Waals surface area contributed by atoms with Gasteiger partial charge in [0, 0.05) is 35.2 Å². The highest BCUT2D eigenvalue weighted by Crippen LogP contribution is 2.34. The number of rotatable bonds is 4. The molecule has 1 fully saturated rings. The van der Waals surface area contributed by atoms with E-state index in [1.54, 1.807) is 6.20 Å². The zero-order valence-corrected chi connectivity index (χ0v) is 13.9. The zero-order chi connectivity index (χ0) is 15.5. The molecular weight excluding hydrogens is 296 g/mol. The van der Waals surface area contributed by atoms with Gasteiger partial charge in [-0.25, -0.2) is 0 Å². The predicted octanol–water partition coefficient (Wildman–Crippen LogP) is 4.58. The SMILES string of the molecule is CC(C)NC1CCC(Oc2ccc3cnccc3c2Cl)CC1. The molecule has 0 unspecified atom stereocenters. The first-order valence-corrected chi connectivity index (χ1v) is 8.46. The molecule has 1 aliphatic rings. The van der Waals surface area contributed by atoms with Crippen LogP contribution in [0.1, 0.15) is 39.5 Å². The lowest BCUT2D eigenvalue weighted by Crippen LogP contribution is -2.39. The molecule has 1 aliphatic carbocycles. The van der Waals surface area contributed by atoms with Crippen LogP contribution in [0.25, 0.3) is 10.8 Å². The van der Waals surface area contributed by atoms with Crippen molar-refractivity contribution in [2.24, 2.45) is 0 Å². The van der Waals surface area contributed by atoms with Crippen molar-refractivity contribution in [2.75, 3.05) is 0 Å². The molecule has 1 aromatic carbocycles. The molecule has 0 bridgehead atoms. The van der Waals surface area contributed by atoms with Gasteiger partial charge in [0.15, 0.2) is 0 Å². The standard InChI is InChI=1S/C18H23ClN2O/c1-12(2)21-14-4-6-15(7-5-14)22-17-8-3-13-11-20-10-9-16(13)18(17)19/h3,8-12,14-15,21H,4-7H2,1-2H3. The van der Waals surface area contributed by atoms with Crippen molar-refractivity contribution in [3.63, 3.8) is 0 Å². The van der Waals surface area contributed by atoms with E-state index >= 15 is 0 Å². The minimum absolute atomic E-state index is 0.266. The molecule has 0 amide bonds. The van der Waals surface area contributed by atoms with Gasteiger partial charge in [0.2, 0.25) is 0 Å². The highest BCUT2D eigenvalue weighted by atomic mass is 35.5. The lowest BCUT2D eigenvalue weighted by atomic mass is 9.92. The molecule has 2 aromatic rings. The minimum Gasteiger partial charge on any atom is -0.489 e. The fourth-order valence-corrected chi connectivity index (χ4v) is 3.48. The molecule has 0 saturated heterocycles. The fourth-order valence-electron chi connectivity index (χ4n) is 3.20. The van der Waals surface area contributed by atoms with Crippen molar-refractivity contribution in [3.05, 3.63) is 35.6 Å². The van der Waals surface area contributed by atoms with E-state index in [4.69, 9.17) is 16.3 Å². The number of halogens is 1. The quantitative estimate of drug-likeness (QED) is 0.896. The molecular formula is C18H23ClN2O. The molecule has 3 nitrogen and oxygen atoms in total. The molecule has 1 aromatic heterocycles. The van der Waals surface area contributed by atoms with Crippen molar-refractivity contribution in [1.29, 1.82) is 0 Å². The Bertz CT molecular complexity index is 636. The Hall–Kier alpha value is -1.32. The first-order valence-electron chi connectivity index (χ1n) is 8.08. The first-order chi connectivity index (χ1) is 10.6. The third kappa shape index (κ3) is 3.53. The third-order valence-corrected chi connectivity index (χ3v) is 4.65. The maximum absolute atomic E-state index is 6.49. The van der Waals surface area contributed by atoms with E-state index in [0.717, 1.165) is 42.2 Å². The van der Waals surface area contributed by atoms with Gasteiger partial charge >= 0.3 is 0 Å². The van der Waals surface area contributed by atoms with Crippen LogP contribution in [-0.4, -0.2) is 23.2 Å². The van der Waals surface area contributed by atoms with Gasteiger partial charge in [0.1, 0.15) is 5.75 Å². The number of nitrogens with zero attached hydrogens (tertiary/aromatic N) is 1. The van der Waals surface area contributed by atoms with E-state index < -0.39 is 0 Å². The highest BCUT2D eigenvalue weighted by molar-refractivity contribution is 6.37. The topological polar surface area (TPSA) is 34.1 Å². The molecule has 118 valence electrons. The maximum atomic E-state index is 6.49. The van der Waals surface area contributed by atoms with Gasteiger partial charge in [0.25, 0.3) is 0 Å². The molecule has 1 N–H and O–H groups in total. The van der Waals surface area contributed by atoms with Crippen LogP contribution < -0.4 is 10.1 Å². The molecule has 1 heterocycles. The molecule has 3 rings (SSSR count). The molecule has 22 heavy (non-hydrogen) atoms. The molecule has 0 spiro atoms. The summed E-state index contributed by atoms with van der Waals surface area (Å²) >= 11 is 6.49. The van der Waals surface area contributed by atoms with Crippen LogP contribution in [0, 0.1) is 0 Å². The van der Waals surface area contributed by atoms with Crippen molar-refractivity contribution >= 4 is 22.4 Å². The van der Waals surface area contributed by atoms with Gasteiger partial charge in [-0.1, -0.05) is 25.4 Å². The second kappa shape index (κ2) is 6.84. The van der Waals surface area contributed by atoms with Crippen molar-refractivity contribution < 1.29 is 4.74 Å². The number of nitrogens with one attached hydrogen (secondary N) is 1. The lowest BCUT2D eigenvalue weighted by Gasteiger charge is -2.31. The Morgan fingerprint density at radius 1 is 1.18 bits per heavy atom. The summed E-state index contributed by atoms with van der Waals surface area (Å²) in [5.41, 5.74) is 0. The molecule has 0 radical (unpaired) electrons. The Morgan fingerprint density at radius 2 is 1.95 bits per heavy atom. The van der Waals surface area contributed by atoms with E-state index in [9.17, 15) is 0 Å². The number of pyridine rings is 1. The van der Waals surface area contributed by atoms with Gasteiger partial charge in [-0.2, -0.15) is 0 Å². The summed E-state index contributed by atoms with van der Waals surface area (Å²) in [4.78, 5) is 4.12. The van der Waals surface area contributed by atoms with Crippen LogP contribution in [-0.2, 0) is 0 Å². The Kier molecular flexibility index (Phi) is 4.84. The van der Waals surface area contributed by atoms with Gasteiger partial charge < -0.3 is 10.1 Å². The number of aromatic nitrogens is 1. The maximum Gasteiger partial charge on any atom is 0.138 e.